The van der Waals surface area contributed by atoms with E-state index in [1.165, 1.54) is 17.2 Å². The van der Waals surface area contributed by atoms with Crippen LogP contribution in [0.5, 0.6) is 0 Å². The van der Waals surface area contributed by atoms with Crippen LogP contribution in [0.2, 0.25) is 0 Å². The molecule has 2 aromatic rings. The summed E-state index contributed by atoms with van der Waals surface area (Å²) in [4.78, 5) is 0. The van der Waals surface area contributed by atoms with Gasteiger partial charge in [0.05, 0.1) is 6.20 Å². The molecule has 2 rings (SSSR count). The Balaban J connectivity index is 2.88. The molecule has 0 unspecified atom stereocenters. The highest BCUT2D eigenvalue weighted by Gasteiger charge is 2.00. The van der Waals surface area contributed by atoms with E-state index in [-0.39, 0.29) is 0 Å². The molecule has 4 nitrogen and oxygen atoms in total. The fourth-order valence-corrected chi connectivity index (χ4v) is 0.861. The number of rotatable bonds is 1. The standard InChI is InChI=1S/C6H5N3O/c7-3-5-4-8-9-6(5)1-2-10-9/h1-4,7H. The fourth-order valence-electron chi connectivity index (χ4n) is 0.861. The molecular weight excluding hydrogens is 130 g/mol. The van der Waals surface area contributed by atoms with Crippen molar-refractivity contribution < 1.29 is 4.52 Å². The molecular formula is C6H5N3O. The molecule has 0 saturated heterocycles. The van der Waals surface area contributed by atoms with Crippen LogP contribution in [-0.2, 0) is 0 Å². The number of aromatic nitrogens is 2. The quantitative estimate of drug-likeness (QED) is 0.591. The molecule has 0 aromatic carbocycles. The smallest absolute Gasteiger partial charge is 0.124 e. The predicted molar refractivity (Wildman–Crippen MR) is 35.3 cm³/mol. The van der Waals surface area contributed by atoms with E-state index in [2.05, 4.69) is 5.10 Å². The Morgan fingerprint density at radius 3 is 3.40 bits per heavy atom. The highest BCUT2D eigenvalue weighted by atomic mass is 16.5. The van der Waals surface area contributed by atoms with Crippen LogP contribution in [0.1, 0.15) is 5.56 Å². The third kappa shape index (κ3) is 0.500. The third-order valence-corrected chi connectivity index (χ3v) is 1.35. The molecule has 0 aliphatic carbocycles. The fraction of sp³-hybridized carbons (Fsp3) is 0. The van der Waals surface area contributed by atoms with Crippen LogP contribution in [0.3, 0.4) is 0 Å². The first kappa shape index (κ1) is 5.22. The van der Waals surface area contributed by atoms with E-state index in [1.807, 2.05) is 0 Å². The van der Waals surface area contributed by atoms with Gasteiger partial charge in [0.25, 0.3) is 0 Å². The molecule has 2 aromatic heterocycles. The molecule has 0 aliphatic heterocycles. The summed E-state index contributed by atoms with van der Waals surface area (Å²) in [6.07, 6.45) is 4.37. The lowest BCUT2D eigenvalue weighted by molar-refractivity contribution is 0.338. The Bertz CT molecular complexity index is 360. The zero-order valence-corrected chi connectivity index (χ0v) is 5.11. The van der Waals surface area contributed by atoms with Gasteiger partial charge in [-0.05, 0) is 0 Å². The summed E-state index contributed by atoms with van der Waals surface area (Å²) in [7, 11) is 0. The van der Waals surface area contributed by atoms with Crippen molar-refractivity contribution in [2.75, 3.05) is 0 Å². The Kier molecular flexibility index (Phi) is 0.887. The van der Waals surface area contributed by atoms with Gasteiger partial charge >= 0.3 is 0 Å². The van der Waals surface area contributed by atoms with Crippen LogP contribution in [0.15, 0.2) is 23.0 Å². The molecule has 0 radical (unpaired) electrons. The number of nitrogens with zero attached hydrogens (tertiary/aromatic N) is 2. The van der Waals surface area contributed by atoms with E-state index >= 15 is 0 Å². The second-order valence-electron chi connectivity index (χ2n) is 1.91. The molecule has 0 saturated carbocycles. The Labute approximate surface area is 56.5 Å². The van der Waals surface area contributed by atoms with Crippen molar-refractivity contribution in [2.24, 2.45) is 0 Å². The summed E-state index contributed by atoms with van der Waals surface area (Å²) in [6, 6.07) is 1.77. The molecule has 0 bridgehead atoms. The summed E-state index contributed by atoms with van der Waals surface area (Å²) in [6.45, 7) is 0. The van der Waals surface area contributed by atoms with Crippen LogP contribution in [0.25, 0.3) is 5.52 Å². The third-order valence-electron chi connectivity index (χ3n) is 1.35. The van der Waals surface area contributed by atoms with Crippen molar-refractivity contribution in [3.63, 3.8) is 0 Å². The van der Waals surface area contributed by atoms with Crippen LogP contribution in [0.4, 0.5) is 0 Å². The average molecular weight is 135 g/mol. The van der Waals surface area contributed by atoms with E-state index in [9.17, 15) is 0 Å². The van der Waals surface area contributed by atoms with Crippen LogP contribution in [-0.4, -0.2) is 16.0 Å². The van der Waals surface area contributed by atoms with Crippen molar-refractivity contribution in [1.82, 2.24) is 9.79 Å². The predicted octanol–water partition coefficient (Wildman–Crippen LogP) is 0.925. The molecule has 50 valence electrons. The molecule has 4 heteroatoms. The molecule has 0 aliphatic rings. The van der Waals surface area contributed by atoms with Gasteiger partial charge in [-0.1, -0.05) is 4.69 Å². The van der Waals surface area contributed by atoms with Crippen molar-refractivity contribution >= 4 is 11.7 Å². The Morgan fingerprint density at radius 1 is 1.70 bits per heavy atom. The van der Waals surface area contributed by atoms with E-state index < -0.39 is 0 Å². The van der Waals surface area contributed by atoms with E-state index in [0.717, 1.165) is 11.1 Å². The van der Waals surface area contributed by atoms with Crippen molar-refractivity contribution in [2.45, 2.75) is 0 Å². The first-order valence-electron chi connectivity index (χ1n) is 2.84. The Morgan fingerprint density at radius 2 is 2.60 bits per heavy atom. The monoisotopic (exact) mass is 135 g/mol. The second kappa shape index (κ2) is 1.70. The van der Waals surface area contributed by atoms with Crippen LogP contribution in [0, 0.1) is 5.41 Å². The van der Waals surface area contributed by atoms with Gasteiger partial charge in [0.1, 0.15) is 11.8 Å². The maximum absolute atomic E-state index is 6.96. The number of hydrogen-bond acceptors (Lipinski definition) is 3. The number of hydrogen-bond donors (Lipinski definition) is 1. The van der Waals surface area contributed by atoms with Crippen LogP contribution >= 0.6 is 0 Å². The molecule has 2 heterocycles. The van der Waals surface area contributed by atoms with Gasteiger partial charge in [0, 0.05) is 17.8 Å². The summed E-state index contributed by atoms with van der Waals surface area (Å²) in [5, 5.41) is 10.8. The summed E-state index contributed by atoms with van der Waals surface area (Å²) in [5.74, 6) is 0. The molecule has 10 heavy (non-hydrogen) atoms. The SMILES string of the molecule is N=Cc1cnn2occc12. The minimum absolute atomic E-state index is 0.772. The minimum atomic E-state index is 0.772. The minimum Gasteiger partial charge on any atom is -0.365 e. The number of fused-ring (bicyclic) bond motifs is 1. The van der Waals surface area contributed by atoms with E-state index in [0.29, 0.717) is 0 Å². The first-order valence-corrected chi connectivity index (χ1v) is 2.84. The topological polar surface area (TPSA) is 54.3 Å². The number of nitrogens with one attached hydrogen (secondary N) is 1. The van der Waals surface area contributed by atoms with E-state index in [4.69, 9.17) is 9.93 Å². The summed E-state index contributed by atoms with van der Waals surface area (Å²) >= 11 is 0. The summed E-state index contributed by atoms with van der Waals surface area (Å²) < 4.78 is 6.28. The van der Waals surface area contributed by atoms with Gasteiger partial charge in [-0.25, -0.2) is 0 Å². The lowest BCUT2D eigenvalue weighted by atomic mass is 10.3. The van der Waals surface area contributed by atoms with Gasteiger partial charge in [0.2, 0.25) is 0 Å². The van der Waals surface area contributed by atoms with Gasteiger partial charge in [-0.2, -0.15) is 0 Å². The van der Waals surface area contributed by atoms with Gasteiger partial charge in [-0.15, -0.1) is 5.10 Å². The van der Waals surface area contributed by atoms with Crippen molar-refractivity contribution in [1.29, 1.82) is 5.41 Å². The highest BCUT2D eigenvalue weighted by Crippen LogP contribution is 2.07. The van der Waals surface area contributed by atoms with Gasteiger partial charge < -0.3 is 9.93 Å². The van der Waals surface area contributed by atoms with Crippen LogP contribution < -0.4 is 0 Å². The molecule has 0 spiro atoms. The average Bonchev–Trinajstić information content (AvgIpc) is 2.44. The summed E-state index contributed by atoms with van der Waals surface area (Å²) in [5.41, 5.74) is 1.60. The maximum Gasteiger partial charge on any atom is 0.124 e. The zero-order valence-electron chi connectivity index (χ0n) is 5.11. The Hall–Kier alpha value is -1.58. The van der Waals surface area contributed by atoms with Gasteiger partial charge in [-0.3, -0.25) is 0 Å². The van der Waals surface area contributed by atoms with Crippen molar-refractivity contribution in [3.8, 4) is 0 Å². The highest BCUT2D eigenvalue weighted by molar-refractivity contribution is 5.86. The second-order valence-corrected chi connectivity index (χ2v) is 1.91. The maximum atomic E-state index is 6.96. The lowest BCUT2D eigenvalue weighted by Crippen LogP contribution is -1.76. The molecule has 0 amide bonds. The molecule has 0 fully saturated rings. The van der Waals surface area contributed by atoms with E-state index in [1.54, 1.807) is 12.3 Å². The zero-order chi connectivity index (χ0) is 6.97. The largest absolute Gasteiger partial charge is 0.365 e. The van der Waals surface area contributed by atoms with Crippen molar-refractivity contribution in [3.05, 3.63) is 24.1 Å². The first-order chi connectivity index (χ1) is 4.92. The normalized spacial score (nSPS) is 10.4. The molecule has 1 N–H and O–H groups in total. The molecule has 0 atom stereocenters. The lowest BCUT2D eigenvalue weighted by Gasteiger charge is -1.76. The van der Waals surface area contributed by atoms with Gasteiger partial charge in [0.15, 0.2) is 0 Å².